The zero-order valence-corrected chi connectivity index (χ0v) is 14.8. The van der Waals surface area contributed by atoms with E-state index in [2.05, 4.69) is 63.9 Å². The summed E-state index contributed by atoms with van der Waals surface area (Å²) in [6, 6.07) is 11.9. The molecule has 0 bridgehead atoms. The lowest BCUT2D eigenvalue weighted by Crippen LogP contribution is -2.00. The van der Waals surface area contributed by atoms with E-state index in [1.54, 1.807) is 12.1 Å². The van der Waals surface area contributed by atoms with Crippen molar-refractivity contribution in [2.24, 2.45) is 0 Å². The fourth-order valence-corrected chi connectivity index (χ4v) is 3.23. The first kappa shape index (κ1) is 15.7. The van der Waals surface area contributed by atoms with Gasteiger partial charge in [-0.2, -0.15) is 0 Å². The molecular formula is C17H17Br2F. The maximum Gasteiger partial charge on any atom is 0.137 e. The molecule has 0 saturated heterocycles. The fourth-order valence-electron chi connectivity index (χ4n) is 2.27. The summed E-state index contributed by atoms with van der Waals surface area (Å²) in [6.45, 7) is 4.29. The van der Waals surface area contributed by atoms with Gasteiger partial charge in [0.1, 0.15) is 5.82 Å². The van der Waals surface area contributed by atoms with Gasteiger partial charge in [0.15, 0.2) is 0 Å². The SMILES string of the molecule is CCc1ccc(CC)c(C(Br)c2ccc(Br)c(F)c2)c1. The van der Waals surface area contributed by atoms with E-state index in [0.29, 0.717) is 4.47 Å². The normalized spacial score (nSPS) is 12.4. The quantitative estimate of drug-likeness (QED) is 0.537. The Balaban J connectivity index is 2.45. The standard InChI is InChI=1S/C17H17Br2F/c1-3-11-5-6-12(4-2)14(9-11)17(19)13-7-8-15(18)16(20)10-13/h5-10,17H,3-4H2,1-2H3. The second kappa shape index (κ2) is 6.86. The molecule has 2 rings (SSSR count). The molecule has 0 aromatic heterocycles. The molecule has 0 saturated carbocycles. The molecule has 0 heterocycles. The van der Waals surface area contributed by atoms with E-state index >= 15 is 0 Å². The lowest BCUT2D eigenvalue weighted by Gasteiger charge is -2.16. The minimum Gasteiger partial charge on any atom is -0.206 e. The molecule has 0 aliphatic heterocycles. The van der Waals surface area contributed by atoms with Crippen molar-refractivity contribution in [3.05, 3.63) is 68.9 Å². The third-order valence-corrected chi connectivity index (χ3v) is 5.17. The highest BCUT2D eigenvalue weighted by Gasteiger charge is 2.15. The third-order valence-electron chi connectivity index (χ3n) is 3.51. The van der Waals surface area contributed by atoms with Crippen LogP contribution >= 0.6 is 31.9 Å². The Labute approximate surface area is 136 Å². The summed E-state index contributed by atoms with van der Waals surface area (Å²) in [4.78, 5) is 0.0200. The monoisotopic (exact) mass is 398 g/mol. The van der Waals surface area contributed by atoms with E-state index in [1.807, 2.05) is 6.07 Å². The lowest BCUT2D eigenvalue weighted by atomic mass is 9.95. The Morgan fingerprint density at radius 1 is 1.05 bits per heavy atom. The summed E-state index contributed by atoms with van der Waals surface area (Å²) in [6.07, 6.45) is 1.98. The second-order valence-electron chi connectivity index (χ2n) is 4.78. The largest absolute Gasteiger partial charge is 0.206 e. The van der Waals surface area contributed by atoms with E-state index < -0.39 is 0 Å². The van der Waals surface area contributed by atoms with Crippen molar-refractivity contribution in [1.82, 2.24) is 0 Å². The number of halogens is 3. The molecule has 2 aromatic carbocycles. The average molecular weight is 400 g/mol. The zero-order chi connectivity index (χ0) is 14.7. The minimum atomic E-state index is -0.225. The second-order valence-corrected chi connectivity index (χ2v) is 6.55. The van der Waals surface area contributed by atoms with Gasteiger partial charge in [0, 0.05) is 0 Å². The van der Waals surface area contributed by atoms with Crippen molar-refractivity contribution >= 4 is 31.9 Å². The van der Waals surface area contributed by atoms with Gasteiger partial charge in [-0.05, 0) is 63.2 Å². The van der Waals surface area contributed by atoms with E-state index in [-0.39, 0.29) is 10.6 Å². The number of hydrogen-bond acceptors (Lipinski definition) is 0. The van der Waals surface area contributed by atoms with Crippen molar-refractivity contribution in [2.75, 3.05) is 0 Å². The van der Waals surface area contributed by atoms with Gasteiger partial charge < -0.3 is 0 Å². The maximum absolute atomic E-state index is 13.7. The predicted octanol–water partition coefficient (Wildman–Crippen LogP) is 6.20. The third kappa shape index (κ3) is 3.32. The summed E-state index contributed by atoms with van der Waals surface area (Å²) in [5.74, 6) is -0.225. The molecule has 106 valence electrons. The van der Waals surface area contributed by atoms with Crippen LogP contribution in [0.25, 0.3) is 0 Å². The van der Waals surface area contributed by atoms with Gasteiger partial charge in [0.05, 0.1) is 9.30 Å². The molecule has 0 N–H and O–H groups in total. The molecule has 0 spiro atoms. The topological polar surface area (TPSA) is 0 Å². The number of alkyl halides is 1. The van der Waals surface area contributed by atoms with Gasteiger partial charge in [-0.3, -0.25) is 0 Å². The summed E-state index contributed by atoms with van der Waals surface area (Å²) in [5, 5.41) is 0. The Bertz CT molecular complexity index is 608. The number of aryl methyl sites for hydroxylation is 2. The minimum absolute atomic E-state index is 0.0200. The van der Waals surface area contributed by atoms with Crippen LogP contribution in [0.1, 0.15) is 40.9 Å². The molecule has 0 amide bonds. The van der Waals surface area contributed by atoms with Crippen molar-refractivity contribution in [1.29, 1.82) is 0 Å². The van der Waals surface area contributed by atoms with Gasteiger partial charge in [0.2, 0.25) is 0 Å². The molecule has 2 aromatic rings. The van der Waals surface area contributed by atoms with Crippen LogP contribution in [0, 0.1) is 5.82 Å². The van der Waals surface area contributed by atoms with E-state index in [4.69, 9.17) is 0 Å². The van der Waals surface area contributed by atoms with Gasteiger partial charge in [-0.15, -0.1) is 0 Å². The molecule has 0 fully saturated rings. The molecule has 0 aliphatic carbocycles. The summed E-state index contributed by atoms with van der Waals surface area (Å²) >= 11 is 6.92. The lowest BCUT2D eigenvalue weighted by molar-refractivity contribution is 0.619. The number of hydrogen-bond donors (Lipinski definition) is 0. The van der Waals surface area contributed by atoms with Gasteiger partial charge >= 0.3 is 0 Å². The Kier molecular flexibility index (Phi) is 5.39. The number of rotatable bonds is 4. The van der Waals surface area contributed by atoms with E-state index in [0.717, 1.165) is 18.4 Å². The van der Waals surface area contributed by atoms with E-state index in [9.17, 15) is 4.39 Å². The first-order valence-electron chi connectivity index (χ1n) is 6.77. The number of benzene rings is 2. The molecule has 20 heavy (non-hydrogen) atoms. The van der Waals surface area contributed by atoms with Crippen LogP contribution in [-0.2, 0) is 12.8 Å². The highest BCUT2D eigenvalue weighted by molar-refractivity contribution is 9.10. The van der Waals surface area contributed by atoms with Crippen molar-refractivity contribution in [2.45, 2.75) is 31.5 Å². The maximum atomic E-state index is 13.7. The van der Waals surface area contributed by atoms with Gasteiger partial charge in [0.25, 0.3) is 0 Å². The molecule has 0 radical (unpaired) electrons. The van der Waals surface area contributed by atoms with Crippen LogP contribution < -0.4 is 0 Å². The average Bonchev–Trinajstić information content (AvgIpc) is 2.48. The Hall–Kier alpha value is -0.670. The molecule has 0 aliphatic rings. The van der Waals surface area contributed by atoms with Crippen LogP contribution in [-0.4, -0.2) is 0 Å². The molecule has 1 atom stereocenters. The van der Waals surface area contributed by atoms with Crippen LogP contribution in [0.2, 0.25) is 0 Å². The Morgan fingerprint density at radius 3 is 2.40 bits per heavy atom. The van der Waals surface area contributed by atoms with Crippen LogP contribution in [0.3, 0.4) is 0 Å². The van der Waals surface area contributed by atoms with Crippen molar-refractivity contribution in [3.63, 3.8) is 0 Å². The first-order chi connectivity index (χ1) is 9.56. The highest BCUT2D eigenvalue weighted by atomic mass is 79.9. The van der Waals surface area contributed by atoms with Gasteiger partial charge in [-0.25, -0.2) is 4.39 Å². The van der Waals surface area contributed by atoms with Crippen LogP contribution in [0.4, 0.5) is 4.39 Å². The van der Waals surface area contributed by atoms with E-state index in [1.165, 1.54) is 16.7 Å². The molecule has 3 heteroatoms. The van der Waals surface area contributed by atoms with Crippen LogP contribution in [0.5, 0.6) is 0 Å². The van der Waals surface area contributed by atoms with Crippen LogP contribution in [0.15, 0.2) is 40.9 Å². The molecule has 1 unspecified atom stereocenters. The summed E-state index contributed by atoms with van der Waals surface area (Å²) in [7, 11) is 0. The fraction of sp³-hybridized carbons (Fsp3) is 0.294. The molecule has 0 nitrogen and oxygen atoms in total. The predicted molar refractivity (Wildman–Crippen MR) is 90.1 cm³/mol. The highest BCUT2D eigenvalue weighted by Crippen LogP contribution is 2.35. The summed E-state index contributed by atoms with van der Waals surface area (Å²) < 4.78 is 14.2. The van der Waals surface area contributed by atoms with Gasteiger partial charge in [-0.1, -0.05) is 54.0 Å². The first-order valence-corrected chi connectivity index (χ1v) is 8.48. The summed E-state index contributed by atoms with van der Waals surface area (Å²) in [5.41, 5.74) is 4.77. The smallest absolute Gasteiger partial charge is 0.137 e. The Morgan fingerprint density at radius 2 is 1.80 bits per heavy atom. The zero-order valence-electron chi connectivity index (χ0n) is 11.6. The van der Waals surface area contributed by atoms with Crippen molar-refractivity contribution < 1.29 is 4.39 Å². The van der Waals surface area contributed by atoms with Crippen molar-refractivity contribution in [3.8, 4) is 0 Å². The molecular weight excluding hydrogens is 383 g/mol.